The van der Waals surface area contributed by atoms with E-state index in [-0.39, 0.29) is 23.2 Å². The van der Waals surface area contributed by atoms with E-state index in [4.69, 9.17) is 9.47 Å². The van der Waals surface area contributed by atoms with Crippen LogP contribution in [0.4, 0.5) is 5.69 Å². The standard InChI is InChI=1S/C20H18Br2N2O4/c1-11(2)28-15-6-4-5-14(9-15)24-20(26)13(10-23)7-12-8-16(27-3)19(25)18(22)17(12)21/h4-9,11,25H,1-3H3,(H,24,26)/b13-7-. The Morgan fingerprint density at radius 2 is 2.00 bits per heavy atom. The second kappa shape index (κ2) is 9.62. The molecule has 2 N–H and O–H groups in total. The maximum atomic E-state index is 12.5. The van der Waals surface area contributed by atoms with Crippen molar-refractivity contribution < 1.29 is 19.4 Å². The van der Waals surface area contributed by atoms with Gasteiger partial charge in [-0.1, -0.05) is 6.07 Å². The Bertz CT molecular complexity index is 965. The summed E-state index contributed by atoms with van der Waals surface area (Å²) in [6.07, 6.45) is 1.40. The number of halogens is 2. The molecule has 0 saturated heterocycles. The summed E-state index contributed by atoms with van der Waals surface area (Å²) in [4.78, 5) is 12.5. The van der Waals surface area contributed by atoms with Crippen molar-refractivity contribution in [3.05, 3.63) is 50.4 Å². The van der Waals surface area contributed by atoms with Crippen molar-refractivity contribution in [3.8, 4) is 23.3 Å². The first-order valence-corrected chi connectivity index (χ1v) is 9.80. The smallest absolute Gasteiger partial charge is 0.266 e. The molecule has 8 heteroatoms. The van der Waals surface area contributed by atoms with Gasteiger partial charge in [0.25, 0.3) is 5.91 Å². The number of aromatic hydroxyl groups is 1. The third-order valence-electron chi connectivity index (χ3n) is 3.52. The van der Waals surface area contributed by atoms with Crippen molar-refractivity contribution in [1.29, 1.82) is 5.26 Å². The Labute approximate surface area is 180 Å². The van der Waals surface area contributed by atoms with Gasteiger partial charge in [0, 0.05) is 16.2 Å². The van der Waals surface area contributed by atoms with E-state index >= 15 is 0 Å². The van der Waals surface area contributed by atoms with Gasteiger partial charge in [-0.05, 0) is 75.5 Å². The van der Waals surface area contributed by atoms with E-state index in [1.807, 2.05) is 19.9 Å². The summed E-state index contributed by atoms with van der Waals surface area (Å²) in [7, 11) is 1.41. The molecule has 0 bridgehead atoms. The molecule has 2 rings (SSSR count). The summed E-state index contributed by atoms with van der Waals surface area (Å²) < 4.78 is 11.6. The molecule has 0 aliphatic rings. The fraction of sp³-hybridized carbons (Fsp3) is 0.200. The van der Waals surface area contributed by atoms with Gasteiger partial charge in [-0.25, -0.2) is 0 Å². The number of carbonyl (C=O) groups excluding carboxylic acids is 1. The number of anilines is 1. The van der Waals surface area contributed by atoms with Crippen molar-refractivity contribution in [2.24, 2.45) is 0 Å². The molecule has 6 nitrogen and oxygen atoms in total. The molecule has 0 unspecified atom stereocenters. The maximum absolute atomic E-state index is 12.5. The van der Waals surface area contributed by atoms with E-state index in [9.17, 15) is 15.2 Å². The van der Waals surface area contributed by atoms with Crippen molar-refractivity contribution in [1.82, 2.24) is 0 Å². The van der Waals surface area contributed by atoms with Gasteiger partial charge in [0.1, 0.15) is 17.4 Å². The Hall–Kier alpha value is -2.50. The number of hydrogen-bond acceptors (Lipinski definition) is 5. The zero-order valence-electron chi connectivity index (χ0n) is 15.4. The molecule has 0 atom stereocenters. The fourth-order valence-electron chi connectivity index (χ4n) is 2.29. The number of nitrogens with zero attached hydrogens (tertiary/aromatic N) is 1. The van der Waals surface area contributed by atoms with E-state index in [0.29, 0.717) is 25.9 Å². The van der Waals surface area contributed by atoms with Crippen LogP contribution in [-0.4, -0.2) is 24.2 Å². The van der Waals surface area contributed by atoms with E-state index < -0.39 is 5.91 Å². The van der Waals surface area contributed by atoms with Gasteiger partial charge in [-0.3, -0.25) is 4.79 Å². The molecule has 0 heterocycles. The van der Waals surface area contributed by atoms with Gasteiger partial charge in [-0.15, -0.1) is 0 Å². The molecular formula is C20H18Br2N2O4. The first-order chi connectivity index (χ1) is 13.3. The lowest BCUT2D eigenvalue weighted by molar-refractivity contribution is -0.112. The van der Waals surface area contributed by atoms with Crippen LogP contribution in [0.3, 0.4) is 0 Å². The molecular weight excluding hydrogens is 492 g/mol. The third-order valence-corrected chi connectivity index (χ3v) is 5.68. The summed E-state index contributed by atoms with van der Waals surface area (Å²) in [6, 6.07) is 10.3. The molecule has 1 amide bonds. The highest BCUT2D eigenvalue weighted by atomic mass is 79.9. The lowest BCUT2D eigenvalue weighted by Gasteiger charge is -2.12. The van der Waals surface area contributed by atoms with Crippen molar-refractivity contribution in [2.45, 2.75) is 20.0 Å². The molecule has 0 fully saturated rings. The number of nitriles is 1. The van der Waals surface area contributed by atoms with Crippen molar-refractivity contribution >= 4 is 49.5 Å². The van der Waals surface area contributed by atoms with E-state index in [1.54, 1.807) is 24.3 Å². The maximum Gasteiger partial charge on any atom is 0.266 e. The van der Waals surface area contributed by atoms with Crippen molar-refractivity contribution in [3.63, 3.8) is 0 Å². The molecule has 2 aromatic rings. The van der Waals surface area contributed by atoms with Crippen LogP contribution in [0.2, 0.25) is 0 Å². The normalized spacial score (nSPS) is 11.1. The second-order valence-electron chi connectivity index (χ2n) is 5.96. The minimum absolute atomic E-state index is 0.000732. The van der Waals surface area contributed by atoms with Gasteiger partial charge in [-0.2, -0.15) is 5.26 Å². The number of phenols is 1. The topological polar surface area (TPSA) is 91.6 Å². The number of amides is 1. The lowest BCUT2D eigenvalue weighted by Crippen LogP contribution is -2.14. The summed E-state index contributed by atoms with van der Waals surface area (Å²) >= 11 is 6.58. The zero-order valence-corrected chi connectivity index (χ0v) is 18.6. The van der Waals surface area contributed by atoms with Crippen LogP contribution >= 0.6 is 31.9 Å². The Morgan fingerprint density at radius 3 is 2.61 bits per heavy atom. The number of ether oxygens (including phenoxy) is 2. The molecule has 0 radical (unpaired) electrons. The van der Waals surface area contributed by atoms with Crippen LogP contribution in [0, 0.1) is 11.3 Å². The first-order valence-electron chi connectivity index (χ1n) is 8.21. The number of nitrogens with one attached hydrogen (secondary N) is 1. The second-order valence-corrected chi connectivity index (χ2v) is 7.55. The summed E-state index contributed by atoms with van der Waals surface area (Å²) in [5, 5.41) is 22.1. The Kier molecular flexibility index (Phi) is 7.49. The highest BCUT2D eigenvalue weighted by Crippen LogP contribution is 2.42. The SMILES string of the molecule is COc1cc(/C=C(/C#N)C(=O)Nc2cccc(OC(C)C)c2)c(Br)c(Br)c1O. The minimum atomic E-state index is -0.570. The monoisotopic (exact) mass is 508 g/mol. The number of methoxy groups -OCH3 is 1. The Morgan fingerprint density at radius 1 is 1.29 bits per heavy atom. The molecule has 0 aliphatic heterocycles. The van der Waals surface area contributed by atoms with Crippen LogP contribution < -0.4 is 14.8 Å². The highest BCUT2D eigenvalue weighted by molar-refractivity contribution is 9.13. The Balaban J connectivity index is 2.32. The van der Waals surface area contributed by atoms with Crippen LogP contribution in [0.5, 0.6) is 17.2 Å². The van der Waals surface area contributed by atoms with Gasteiger partial charge < -0.3 is 19.9 Å². The van der Waals surface area contributed by atoms with Crippen molar-refractivity contribution in [2.75, 3.05) is 12.4 Å². The third kappa shape index (κ3) is 5.27. The quantitative estimate of drug-likeness (QED) is 0.409. The van der Waals surface area contributed by atoms with Gasteiger partial charge in [0.15, 0.2) is 11.5 Å². The van der Waals surface area contributed by atoms with Crippen LogP contribution in [-0.2, 0) is 4.79 Å². The van der Waals surface area contributed by atoms with E-state index in [1.165, 1.54) is 19.3 Å². The highest BCUT2D eigenvalue weighted by Gasteiger charge is 2.16. The number of carbonyl (C=O) groups is 1. The van der Waals surface area contributed by atoms with Gasteiger partial charge in [0.05, 0.1) is 17.7 Å². The molecule has 146 valence electrons. The molecule has 28 heavy (non-hydrogen) atoms. The molecule has 0 aliphatic carbocycles. The summed E-state index contributed by atoms with van der Waals surface area (Å²) in [5.41, 5.74) is 0.883. The fourth-order valence-corrected chi connectivity index (χ4v) is 3.14. The van der Waals surface area contributed by atoms with Crippen LogP contribution in [0.25, 0.3) is 6.08 Å². The number of hydrogen-bond donors (Lipinski definition) is 2. The van der Waals surface area contributed by atoms with Crippen LogP contribution in [0.15, 0.2) is 44.9 Å². The average Bonchev–Trinajstić information content (AvgIpc) is 2.65. The molecule has 0 spiro atoms. The van der Waals surface area contributed by atoms with Crippen LogP contribution in [0.1, 0.15) is 19.4 Å². The van der Waals surface area contributed by atoms with E-state index in [2.05, 4.69) is 37.2 Å². The largest absolute Gasteiger partial charge is 0.503 e. The number of benzene rings is 2. The summed E-state index contributed by atoms with van der Waals surface area (Å²) in [6.45, 7) is 3.81. The van der Waals surface area contributed by atoms with Gasteiger partial charge in [0.2, 0.25) is 0 Å². The zero-order chi connectivity index (χ0) is 20.8. The molecule has 0 aromatic heterocycles. The summed E-state index contributed by atoms with van der Waals surface area (Å²) in [5.74, 6) is 0.165. The van der Waals surface area contributed by atoms with E-state index in [0.717, 1.165) is 0 Å². The number of phenolic OH excluding ortho intramolecular Hbond substituents is 1. The molecule has 2 aromatic carbocycles. The average molecular weight is 510 g/mol. The predicted octanol–water partition coefficient (Wildman–Crippen LogP) is 5.26. The van der Waals surface area contributed by atoms with Gasteiger partial charge >= 0.3 is 0 Å². The lowest BCUT2D eigenvalue weighted by atomic mass is 10.1. The number of rotatable bonds is 6. The minimum Gasteiger partial charge on any atom is -0.503 e. The first kappa shape index (κ1) is 21.8. The molecule has 0 saturated carbocycles. The predicted molar refractivity (Wildman–Crippen MR) is 114 cm³/mol.